The minimum absolute atomic E-state index is 0.0432. The second kappa shape index (κ2) is 5.67. The number of rotatable bonds is 3. The first-order chi connectivity index (χ1) is 8.18. The van der Waals surface area contributed by atoms with Gasteiger partial charge >= 0.3 is 0 Å². The SMILES string of the molecule is CN(C(=O)CC1C=CCC1)C1CCCCC1O. The standard InChI is InChI=1S/C14H23NO2/c1-15(12-8-4-5-9-13(12)16)14(17)10-11-6-2-3-7-11/h2,6,11-13,16H,3-5,7-10H2,1H3. The van der Waals surface area contributed by atoms with Crippen LogP contribution in [-0.4, -0.2) is 35.1 Å². The topological polar surface area (TPSA) is 40.5 Å². The third-order valence-corrected chi connectivity index (χ3v) is 4.13. The van der Waals surface area contributed by atoms with E-state index < -0.39 is 0 Å². The Kier molecular flexibility index (Phi) is 4.21. The van der Waals surface area contributed by atoms with Gasteiger partial charge in [0.25, 0.3) is 0 Å². The summed E-state index contributed by atoms with van der Waals surface area (Å²) in [6.07, 6.45) is 10.8. The number of hydrogen-bond donors (Lipinski definition) is 1. The zero-order valence-corrected chi connectivity index (χ0v) is 10.6. The van der Waals surface area contributed by atoms with Crippen molar-refractivity contribution in [1.82, 2.24) is 4.90 Å². The Labute approximate surface area is 103 Å². The molecule has 0 radical (unpaired) electrons. The second-order valence-electron chi connectivity index (χ2n) is 5.39. The van der Waals surface area contributed by atoms with E-state index >= 15 is 0 Å². The maximum absolute atomic E-state index is 12.1. The molecule has 0 heterocycles. The number of nitrogens with zero attached hydrogens (tertiary/aromatic N) is 1. The van der Waals surface area contributed by atoms with E-state index in [1.54, 1.807) is 4.90 Å². The van der Waals surface area contributed by atoms with Crippen LogP contribution in [0.3, 0.4) is 0 Å². The van der Waals surface area contributed by atoms with Gasteiger partial charge in [-0.25, -0.2) is 0 Å². The van der Waals surface area contributed by atoms with E-state index in [0.29, 0.717) is 12.3 Å². The van der Waals surface area contributed by atoms with Crippen LogP contribution in [0.1, 0.15) is 44.9 Å². The highest BCUT2D eigenvalue weighted by atomic mass is 16.3. The molecule has 96 valence electrons. The predicted octanol–water partition coefficient (Wildman–Crippen LogP) is 2.10. The fourth-order valence-corrected chi connectivity index (χ4v) is 2.96. The molecule has 1 fully saturated rings. The molecular formula is C14H23NO2. The molecule has 3 unspecified atom stereocenters. The summed E-state index contributed by atoms with van der Waals surface area (Å²) < 4.78 is 0. The molecule has 1 amide bonds. The van der Waals surface area contributed by atoms with E-state index in [1.165, 1.54) is 0 Å². The van der Waals surface area contributed by atoms with E-state index in [2.05, 4.69) is 12.2 Å². The lowest BCUT2D eigenvalue weighted by Gasteiger charge is -2.35. The Bertz CT molecular complexity index is 301. The number of carbonyl (C=O) groups is 1. The number of hydrogen-bond acceptors (Lipinski definition) is 2. The highest BCUT2D eigenvalue weighted by Gasteiger charge is 2.30. The minimum Gasteiger partial charge on any atom is -0.391 e. The Balaban J connectivity index is 1.86. The number of likely N-dealkylation sites (N-methyl/N-ethyl adjacent to an activating group) is 1. The molecular weight excluding hydrogens is 214 g/mol. The van der Waals surface area contributed by atoms with Crippen molar-refractivity contribution >= 4 is 5.91 Å². The van der Waals surface area contributed by atoms with Crippen LogP contribution >= 0.6 is 0 Å². The normalized spacial score (nSPS) is 32.7. The fraction of sp³-hybridized carbons (Fsp3) is 0.786. The summed E-state index contributed by atoms with van der Waals surface area (Å²) in [6, 6.07) is 0.0432. The summed E-state index contributed by atoms with van der Waals surface area (Å²) in [7, 11) is 1.85. The molecule has 3 atom stereocenters. The molecule has 0 saturated heterocycles. The van der Waals surface area contributed by atoms with Crippen LogP contribution in [-0.2, 0) is 4.79 Å². The minimum atomic E-state index is -0.322. The van der Waals surface area contributed by atoms with Gasteiger partial charge in [-0.3, -0.25) is 4.79 Å². The van der Waals surface area contributed by atoms with E-state index in [-0.39, 0.29) is 18.1 Å². The van der Waals surface area contributed by atoms with Crippen molar-refractivity contribution in [1.29, 1.82) is 0 Å². The summed E-state index contributed by atoms with van der Waals surface area (Å²) in [5.74, 6) is 0.609. The van der Waals surface area contributed by atoms with Crippen molar-refractivity contribution in [2.24, 2.45) is 5.92 Å². The van der Waals surface area contributed by atoms with Gasteiger partial charge in [0.1, 0.15) is 0 Å². The van der Waals surface area contributed by atoms with Crippen molar-refractivity contribution < 1.29 is 9.90 Å². The first kappa shape index (κ1) is 12.6. The molecule has 0 aromatic carbocycles. The maximum Gasteiger partial charge on any atom is 0.223 e. The molecule has 1 N–H and O–H groups in total. The molecule has 2 aliphatic carbocycles. The highest BCUT2D eigenvalue weighted by Crippen LogP contribution is 2.25. The van der Waals surface area contributed by atoms with Gasteiger partial charge in [-0.15, -0.1) is 0 Å². The van der Waals surface area contributed by atoms with Gasteiger partial charge in [0.05, 0.1) is 12.1 Å². The van der Waals surface area contributed by atoms with Crippen molar-refractivity contribution in [2.75, 3.05) is 7.05 Å². The molecule has 3 heteroatoms. The lowest BCUT2D eigenvalue weighted by Crippen LogP contribution is -2.46. The largest absolute Gasteiger partial charge is 0.391 e. The third-order valence-electron chi connectivity index (χ3n) is 4.13. The summed E-state index contributed by atoms with van der Waals surface area (Å²) in [5.41, 5.74) is 0. The molecule has 0 bridgehead atoms. The average molecular weight is 237 g/mol. The highest BCUT2D eigenvalue weighted by molar-refractivity contribution is 5.76. The summed E-state index contributed by atoms with van der Waals surface area (Å²) in [4.78, 5) is 13.9. The van der Waals surface area contributed by atoms with Crippen LogP contribution in [0.2, 0.25) is 0 Å². The quantitative estimate of drug-likeness (QED) is 0.764. The van der Waals surface area contributed by atoms with Gasteiger partial charge in [-0.05, 0) is 31.6 Å². The molecule has 1 saturated carbocycles. The maximum atomic E-state index is 12.1. The van der Waals surface area contributed by atoms with Crippen LogP contribution in [0.15, 0.2) is 12.2 Å². The molecule has 0 spiro atoms. The summed E-state index contributed by atoms with van der Waals surface area (Å²) >= 11 is 0. The van der Waals surface area contributed by atoms with Crippen LogP contribution in [0, 0.1) is 5.92 Å². The second-order valence-corrected chi connectivity index (χ2v) is 5.39. The first-order valence-electron chi connectivity index (χ1n) is 6.79. The summed E-state index contributed by atoms with van der Waals surface area (Å²) in [6.45, 7) is 0. The lowest BCUT2D eigenvalue weighted by molar-refractivity contribution is -0.136. The smallest absolute Gasteiger partial charge is 0.223 e. The van der Waals surface area contributed by atoms with Gasteiger partial charge in [-0.1, -0.05) is 25.0 Å². The van der Waals surface area contributed by atoms with Crippen molar-refractivity contribution in [3.63, 3.8) is 0 Å². The Morgan fingerprint density at radius 1 is 1.35 bits per heavy atom. The third kappa shape index (κ3) is 3.09. The van der Waals surface area contributed by atoms with E-state index in [1.807, 2.05) is 7.05 Å². The van der Waals surface area contributed by atoms with Crippen LogP contribution in [0.25, 0.3) is 0 Å². The van der Waals surface area contributed by atoms with Crippen LogP contribution in [0.5, 0.6) is 0 Å². The van der Waals surface area contributed by atoms with Crippen LogP contribution < -0.4 is 0 Å². The van der Waals surface area contributed by atoms with E-state index in [9.17, 15) is 9.90 Å². The van der Waals surface area contributed by atoms with Crippen LogP contribution in [0.4, 0.5) is 0 Å². The molecule has 0 aliphatic heterocycles. The van der Waals surface area contributed by atoms with Crippen molar-refractivity contribution in [3.05, 3.63) is 12.2 Å². The lowest BCUT2D eigenvalue weighted by atomic mass is 9.91. The monoisotopic (exact) mass is 237 g/mol. The molecule has 0 aromatic rings. The van der Waals surface area contributed by atoms with Crippen molar-refractivity contribution in [2.45, 2.75) is 57.1 Å². The molecule has 2 rings (SSSR count). The molecule has 0 aromatic heterocycles. The summed E-state index contributed by atoms with van der Waals surface area (Å²) in [5, 5.41) is 9.94. The first-order valence-corrected chi connectivity index (χ1v) is 6.79. The predicted molar refractivity (Wildman–Crippen MR) is 67.5 cm³/mol. The Morgan fingerprint density at radius 3 is 2.76 bits per heavy atom. The van der Waals surface area contributed by atoms with Gasteiger partial charge in [0.2, 0.25) is 5.91 Å². The average Bonchev–Trinajstić information content (AvgIpc) is 2.81. The molecule has 2 aliphatic rings. The van der Waals surface area contributed by atoms with Gasteiger partial charge in [0, 0.05) is 13.5 Å². The molecule has 17 heavy (non-hydrogen) atoms. The van der Waals surface area contributed by atoms with Gasteiger partial charge in [0.15, 0.2) is 0 Å². The fourth-order valence-electron chi connectivity index (χ4n) is 2.96. The van der Waals surface area contributed by atoms with Crippen molar-refractivity contribution in [3.8, 4) is 0 Å². The number of carbonyl (C=O) groups excluding carboxylic acids is 1. The zero-order chi connectivity index (χ0) is 12.3. The Morgan fingerprint density at radius 2 is 2.12 bits per heavy atom. The van der Waals surface area contributed by atoms with E-state index in [0.717, 1.165) is 38.5 Å². The number of aliphatic hydroxyl groups excluding tert-OH is 1. The number of amides is 1. The number of allylic oxidation sites excluding steroid dienone is 2. The zero-order valence-electron chi connectivity index (χ0n) is 10.6. The Hall–Kier alpha value is -0.830. The van der Waals surface area contributed by atoms with Gasteiger partial charge < -0.3 is 10.0 Å². The number of aliphatic hydroxyl groups is 1. The van der Waals surface area contributed by atoms with Gasteiger partial charge in [-0.2, -0.15) is 0 Å². The molecule has 3 nitrogen and oxygen atoms in total. The van der Waals surface area contributed by atoms with E-state index in [4.69, 9.17) is 0 Å².